The van der Waals surface area contributed by atoms with Gasteiger partial charge in [-0.15, -0.1) is 0 Å². The summed E-state index contributed by atoms with van der Waals surface area (Å²) in [5, 5.41) is 2.38. The van der Waals surface area contributed by atoms with Crippen LogP contribution in [0, 0.1) is 0 Å². The molecule has 0 aliphatic carbocycles. The summed E-state index contributed by atoms with van der Waals surface area (Å²) >= 11 is 0. The van der Waals surface area contributed by atoms with Crippen LogP contribution in [0.3, 0.4) is 0 Å². The number of carbonyl (C=O) groups is 1. The Morgan fingerprint density at radius 3 is 2.41 bits per heavy atom. The Bertz CT molecular complexity index is 540. The Kier molecular flexibility index (Phi) is 3.58. The number of hydrogen-bond acceptors (Lipinski definition) is 1. The van der Waals surface area contributed by atoms with E-state index in [4.69, 9.17) is 0 Å². The molecule has 88 valence electrons. The predicted molar refractivity (Wildman–Crippen MR) is 72.6 cm³/mol. The molecular formula is C16H18O. The van der Waals surface area contributed by atoms with Gasteiger partial charge in [0.2, 0.25) is 0 Å². The molecule has 2 rings (SSSR count). The smallest absolute Gasteiger partial charge is 0.162 e. The summed E-state index contributed by atoms with van der Waals surface area (Å²) in [6, 6.07) is 12.5. The molecule has 2 aromatic rings. The molecule has 17 heavy (non-hydrogen) atoms. The fraction of sp³-hybridized carbons (Fsp3) is 0.312. The second kappa shape index (κ2) is 5.13. The molecule has 0 atom stereocenters. The average molecular weight is 226 g/mol. The lowest BCUT2D eigenvalue weighted by atomic mass is 10.0. The van der Waals surface area contributed by atoms with E-state index in [9.17, 15) is 4.79 Å². The fourth-order valence-corrected chi connectivity index (χ4v) is 2.12. The molecular weight excluding hydrogens is 208 g/mol. The van der Waals surface area contributed by atoms with Gasteiger partial charge in [0, 0.05) is 12.0 Å². The maximum absolute atomic E-state index is 11.6. The molecule has 0 amide bonds. The monoisotopic (exact) mass is 226 g/mol. The first-order valence-electron chi connectivity index (χ1n) is 6.30. The van der Waals surface area contributed by atoms with Gasteiger partial charge in [0.15, 0.2) is 5.78 Å². The van der Waals surface area contributed by atoms with E-state index in [1.54, 1.807) is 0 Å². The zero-order valence-corrected chi connectivity index (χ0v) is 10.5. The van der Waals surface area contributed by atoms with Crippen molar-refractivity contribution in [3.05, 3.63) is 47.5 Å². The van der Waals surface area contributed by atoms with E-state index in [2.05, 4.69) is 31.2 Å². The number of fused-ring (bicyclic) bond motifs is 1. The average Bonchev–Trinajstić information content (AvgIpc) is 2.37. The lowest BCUT2D eigenvalue weighted by Gasteiger charge is -2.04. The van der Waals surface area contributed by atoms with Crippen LogP contribution >= 0.6 is 0 Å². The molecule has 0 N–H and O–H groups in total. The summed E-state index contributed by atoms with van der Waals surface area (Å²) in [5.41, 5.74) is 2.19. The molecule has 1 heteroatoms. The summed E-state index contributed by atoms with van der Waals surface area (Å²) in [6.45, 7) is 4.09. The van der Waals surface area contributed by atoms with E-state index in [0.29, 0.717) is 6.42 Å². The standard InChI is InChI=1S/C16H18O/c1-3-5-12-6-7-14-11-15(16(17)4-2)9-8-13(14)10-12/h6-11H,3-5H2,1-2H3. The van der Waals surface area contributed by atoms with Crippen molar-refractivity contribution in [3.63, 3.8) is 0 Å². The quantitative estimate of drug-likeness (QED) is 0.707. The minimum absolute atomic E-state index is 0.213. The molecule has 0 fully saturated rings. The van der Waals surface area contributed by atoms with Gasteiger partial charge in [0.1, 0.15) is 0 Å². The molecule has 0 aliphatic rings. The summed E-state index contributed by atoms with van der Waals surface area (Å²) < 4.78 is 0. The van der Waals surface area contributed by atoms with Crippen LogP contribution in [0.1, 0.15) is 42.6 Å². The molecule has 0 radical (unpaired) electrons. The van der Waals surface area contributed by atoms with Crippen LogP contribution in [0.15, 0.2) is 36.4 Å². The second-order valence-corrected chi connectivity index (χ2v) is 4.42. The van der Waals surface area contributed by atoms with Crippen LogP contribution in [0.25, 0.3) is 10.8 Å². The number of hydrogen-bond donors (Lipinski definition) is 0. The first-order chi connectivity index (χ1) is 8.24. The minimum atomic E-state index is 0.213. The summed E-state index contributed by atoms with van der Waals surface area (Å²) in [4.78, 5) is 11.6. The second-order valence-electron chi connectivity index (χ2n) is 4.42. The lowest BCUT2D eigenvalue weighted by molar-refractivity contribution is 0.0988. The fourth-order valence-electron chi connectivity index (χ4n) is 2.12. The molecule has 0 saturated carbocycles. The third kappa shape index (κ3) is 2.55. The van der Waals surface area contributed by atoms with E-state index >= 15 is 0 Å². The Hall–Kier alpha value is -1.63. The van der Waals surface area contributed by atoms with Crippen LogP contribution < -0.4 is 0 Å². The Morgan fingerprint density at radius 1 is 1.00 bits per heavy atom. The number of carbonyl (C=O) groups excluding carboxylic acids is 1. The van der Waals surface area contributed by atoms with Crippen molar-refractivity contribution in [2.24, 2.45) is 0 Å². The lowest BCUT2D eigenvalue weighted by Crippen LogP contribution is -1.95. The maximum Gasteiger partial charge on any atom is 0.162 e. The molecule has 0 aliphatic heterocycles. The van der Waals surface area contributed by atoms with Gasteiger partial charge in [0.05, 0.1) is 0 Å². The van der Waals surface area contributed by atoms with Crippen molar-refractivity contribution in [3.8, 4) is 0 Å². The van der Waals surface area contributed by atoms with E-state index in [1.165, 1.54) is 10.9 Å². The normalized spacial score (nSPS) is 10.7. The summed E-state index contributed by atoms with van der Waals surface area (Å²) in [6.07, 6.45) is 2.85. The van der Waals surface area contributed by atoms with Crippen LogP contribution in [0.5, 0.6) is 0 Å². The highest BCUT2D eigenvalue weighted by molar-refractivity contribution is 5.99. The van der Waals surface area contributed by atoms with Gasteiger partial charge in [-0.25, -0.2) is 0 Å². The predicted octanol–water partition coefficient (Wildman–Crippen LogP) is 4.39. The first kappa shape index (κ1) is 11.8. The SMILES string of the molecule is CCCc1ccc2cc(C(=O)CC)ccc2c1. The maximum atomic E-state index is 11.6. The van der Waals surface area contributed by atoms with Gasteiger partial charge in [-0.05, 0) is 28.8 Å². The largest absolute Gasteiger partial charge is 0.294 e. The first-order valence-corrected chi connectivity index (χ1v) is 6.30. The van der Waals surface area contributed by atoms with E-state index in [-0.39, 0.29) is 5.78 Å². The zero-order chi connectivity index (χ0) is 12.3. The van der Waals surface area contributed by atoms with Crippen molar-refractivity contribution in [1.82, 2.24) is 0 Å². The van der Waals surface area contributed by atoms with Crippen LogP contribution in [-0.2, 0) is 6.42 Å². The van der Waals surface area contributed by atoms with E-state index in [0.717, 1.165) is 23.8 Å². The zero-order valence-electron chi connectivity index (χ0n) is 10.5. The number of ketones is 1. The number of benzene rings is 2. The highest BCUT2D eigenvalue weighted by Gasteiger charge is 2.04. The Balaban J connectivity index is 2.43. The topological polar surface area (TPSA) is 17.1 Å². The van der Waals surface area contributed by atoms with Gasteiger partial charge < -0.3 is 0 Å². The molecule has 1 nitrogen and oxygen atoms in total. The van der Waals surface area contributed by atoms with Gasteiger partial charge in [-0.3, -0.25) is 4.79 Å². The van der Waals surface area contributed by atoms with Gasteiger partial charge in [-0.2, -0.15) is 0 Å². The van der Waals surface area contributed by atoms with Gasteiger partial charge in [0.25, 0.3) is 0 Å². The molecule has 0 unspecified atom stereocenters. The minimum Gasteiger partial charge on any atom is -0.294 e. The van der Waals surface area contributed by atoms with Crippen molar-refractivity contribution in [2.45, 2.75) is 33.1 Å². The number of aryl methyl sites for hydroxylation is 1. The van der Waals surface area contributed by atoms with Crippen molar-refractivity contribution >= 4 is 16.6 Å². The molecule has 0 spiro atoms. The molecule has 0 aromatic heterocycles. The van der Waals surface area contributed by atoms with Gasteiger partial charge in [-0.1, -0.05) is 50.6 Å². The summed E-state index contributed by atoms with van der Waals surface area (Å²) in [7, 11) is 0. The number of rotatable bonds is 4. The van der Waals surface area contributed by atoms with Crippen molar-refractivity contribution in [2.75, 3.05) is 0 Å². The third-order valence-electron chi connectivity index (χ3n) is 3.09. The molecule has 2 aromatic carbocycles. The molecule has 0 heterocycles. The highest BCUT2D eigenvalue weighted by atomic mass is 16.1. The number of Topliss-reactive ketones (excluding diaryl/α,β-unsaturated/α-hetero) is 1. The van der Waals surface area contributed by atoms with Crippen molar-refractivity contribution < 1.29 is 4.79 Å². The Labute approximate surface area is 102 Å². The van der Waals surface area contributed by atoms with E-state index < -0.39 is 0 Å². The Morgan fingerprint density at radius 2 is 1.71 bits per heavy atom. The third-order valence-corrected chi connectivity index (χ3v) is 3.09. The van der Waals surface area contributed by atoms with Crippen LogP contribution in [0.4, 0.5) is 0 Å². The van der Waals surface area contributed by atoms with Crippen LogP contribution in [-0.4, -0.2) is 5.78 Å². The van der Waals surface area contributed by atoms with Crippen LogP contribution in [0.2, 0.25) is 0 Å². The summed E-state index contributed by atoms with van der Waals surface area (Å²) in [5.74, 6) is 0.213. The van der Waals surface area contributed by atoms with Gasteiger partial charge >= 0.3 is 0 Å². The van der Waals surface area contributed by atoms with Crippen molar-refractivity contribution in [1.29, 1.82) is 0 Å². The molecule has 0 bridgehead atoms. The van der Waals surface area contributed by atoms with E-state index in [1.807, 2.05) is 19.1 Å². The molecule has 0 saturated heterocycles. The highest BCUT2D eigenvalue weighted by Crippen LogP contribution is 2.19.